The summed E-state index contributed by atoms with van der Waals surface area (Å²) in [5.41, 5.74) is -0.235. The summed E-state index contributed by atoms with van der Waals surface area (Å²) >= 11 is 0. The number of fused-ring (bicyclic) bond motifs is 5. The summed E-state index contributed by atoms with van der Waals surface area (Å²) in [5.74, 6) is 1.42. The summed E-state index contributed by atoms with van der Waals surface area (Å²) in [6.45, 7) is 5.98. The first-order valence-electron chi connectivity index (χ1n) is 11.5. The first kappa shape index (κ1) is 21.0. The van der Waals surface area contributed by atoms with Crippen LogP contribution in [0.2, 0.25) is 0 Å². The number of aliphatic hydroxyl groups is 1. The van der Waals surface area contributed by atoms with E-state index in [4.69, 9.17) is 4.74 Å². The Morgan fingerprint density at radius 3 is 2.59 bits per heavy atom. The average molecular weight is 405 g/mol. The van der Waals surface area contributed by atoms with Gasteiger partial charge in [-0.15, -0.1) is 0 Å². The van der Waals surface area contributed by atoms with Gasteiger partial charge < -0.3 is 9.84 Å². The molecule has 0 saturated heterocycles. The number of aliphatic hydroxyl groups excluding tert-OH is 1. The van der Waals surface area contributed by atoms with Crippen molar-refractivity contribution in [2.24, 2.45) is 40.4 Å². The predicted molar refractivity (Wildman–Crippen MR) is 108 cm³/mol. The van der Waals surface area contributed by atoms with Crippen molar-refractivity contribution in [3.05, 3.63) is 0 Å². The van der Waals surface area contributed by atoms with E-state index in [0.29, 0.717) is 30.0 Å². The van der Waals surface area contributed by atoms with Gasteiger partial charge in [-0.2, -0.15) is 0 Å². The second-order valence-corrected chi connectivity index (χ2v) is 10.8. The van der Waals surface area contributed by atoms with E-state index in [9.17, 15) is 19.5 Å². The van der Waals surface area contributed by atoms with Crippen LogP contribution >= 0.6 is 0 Å². The fourth-order valence-electron chi connectivity index (χ4n) is 8.05. The van der Waals surface area contributed by atoms with E-state index >= 15 is 0 Å². The first-order valence-corrected chi connectivity index (χ1v) is 11.5. The van der Waals surface area contributed by atoms with E-state index in [-0.39, 0.29) is 53.6 Å². The predicted octanol–water partition coefficient (Wildman–Crippen LogP) is 3.71. The highest BCUT2D eigenvalue weighted by Gasteiger charge is 2.63. The monoisotopic (exact) mass is 404 g/mol. The molecule has 0 unspecified atom stereocenters. The standard InChI is InChI=1S/C24H36O5/c1-14(25)29-11-9-20(27)19-7-6-18-17-5-4-15-12-16(26)8-10-23(15,2)22(17)21(28)13-24(18,19)3/h15-19,22,26H,4-13H2,1-3H3/t15-,16+,17-,18-,19+,22+,23-,24-/m0/s1. The smallest absolute Gasteiger partial charge is 0.302 e. The van der Waals surface area contributed by atoms with Crippen LogP contribution in [0.5, 0.6) is 0 Å². The van der Waals surface area contributed by atoms with E-state index in [2.05, 4.69) is 13.8 Å². The third kappa shape index (κ3) is 3.37. The van der Waals surface area contributed by atoms with Crippen molar-refractivity contribution in [1.82, 2.24) is 0 Å². The normalized spacial score (nSPS) is 46.4. The van der Waals surface area contributed by atoms with Crippen LogP contribution in [-0.2, 0) is 19.1 Å². The number of carbonyl (C=O) groups excluding carboxylic acids is 3. The Labute approximate surface area is 174 Å². The Morgan fingerprint density at radius 1 is 1.10 bits per heavy atom. The minimum absolute atomic E-state index is 0.0119. The molecule has 4 aliphatic rings. The van der Waals surface area contributed by atoms with Crippen LogP contribution in [-0.4, -0.2) is 35.4 Å². The van der Waals surface area contributed by atoms with Gasteiger partial charge in [0.2, 0.25) is 0 Å². The highest BCUT2D eigenvalue weighted by Crippen LogP contribution is 2.66. The molecule has 0 aliphatic heterocycles. The summed E-state index contributed by atoms with van der Waals surface area (Å²) in [7, 11) is 0. The Kier molecular flexibility index (Phi) is 5.42. The lowest BCUT2D eigenvalue weighted by Crippen LogP contribution is -2.58. The minimum atomic E-state index is -0.355. The van der Waals surface area contributed by atoms with Gasteiger partial charge in [-0.1, -0.05) is 13.8 Å². The summed E-state index contributed by atoms with van der Waals surface area (Å²) in [6, 6.07) is 0. The second kappa shape index (κ2) is 7.47. The van der Waals surface area contributed by atoms with Crippen LogP contribution in [0.4, 0.5) is 0 Å². The average Bonchev–Trinajstić information content (AvgIpc) is 2.98. The number of esters is 1. The third-order valence-corrected chi connectivity index (χ3v) is 9.36. The molecule has 0 aromatic rings. The van der Waals surface area contributed by atoms with Gasteiger partial charge in [0.15, 0.2) is 0 Å². The molecule has 4 aliphatic carbocycles. The third-order valence-electron chi connectivity index (χ3n) is 9.36. The van der Waals surface area contributed by atoms with Crippen molar-refractivity contribution < 1.29 is 24.2 Å². The molecule has 0 aromatic carbocycles. The molecule has 4 rings (SSSR count). The van der Waals surface area contributed by atoms with E-state index in [1.54, 1.807) is 0 Å². The number of rotatable bonds is 4. The quantitative estimate of drug-likeness (QED) is 0.723. The molecule has 0 heterocycles. The van der Waals surface area contributed by atoms with Gasteiger partial charge in [-0.3, -0.25) is 14.4 Å². The van der Waals surface area contributed by atoms with Gasteiger partial charge in [-0.25, -0.2) is 0 Å². The van der Waals surface area contributed by atoms with Gasteiger partial charge in [-0.05, 0) is 73.5 Å². The lowest BCUT2D eigenvalue weighted by atomic mass is 9.44. The molecular weight excluding hydrogens is 368 g/mol. The molecule has 8 atom stereocenters. The topological polar surface area (TPSA) is 80.7 Å². The van der Waals surface area contributed by atoms with Crippen molar-refractivity contribution in [1.29, 1.82) is 0 Å². The van der Waals surface area contributed by atoms with Gasteiger partial charge in [0.05, 0.1) is 12.7 Å². The highest BCUT2D eigenvalue weighted by atomic mass is 16.5. The molecule has 5 nitrogen and oxygen atoms in total. The molecule has 29 heavy (non-hydrogen) atoms. The Hall–Kier alpha value is -1.23. The molecular formula is C24H36O5. The van der Waals surface area contributed by atoms with E-state index < -0.39 is 0 Å². The Bertz CT molecular complexity index is 701. The van der Waals surface area contributed by atoms with E-state index in [1.807, 2.05) is 0 Å². The molecule has 0 radical (unpaired) electrons. The maximum Gasteiger partial charge on any atom is 0.302 e. The molecule has 0 bridgehead atoms. The lowest BCUT2D eigenvalue weighted by molar-refractivity contribution is -0.162. The summed E-state index contributed by atoms with van der Waals surface area (Å²) in [6.07, 6.45) is 7.18. The first-order chi connectivity index (χ1) is 13.7. The van der Waals surface area contributed by atoms with Gasteiger partial charge in [0.25, 0.3) is 0 Å². The summed E-state index contributed by atoms with van der Waals surface area (Å²) in [4.78, 5) is 37.5. The fraction of sp³-hybridized carbons (Fsp3) is 0.875. The molecule has 162 valence electrons. The van der Waals surface area contributed by atoms with Crippen LogP contribution in [0.25, 0.3) is 0 Å². The zero-order valence-electron chi connectivity index (χ0n) is 18.1. The molecule has 5 heteroatoms. The number of hydrogen-bond donors (Lipinski definition) is 1. The van der Waals surface area contributed by atoms with Gasteiger partial charge in [0, 0.05) is 31.6 Å². The van der Waals surface area contributed by atoms with Crippen LogP contribution in [0.1, 0.15) is 78.6 Å². The van der Waals surface area contributed by atoms with Crippen LogP contribution in [0.3, 0.4) is 0 Å². The molecule has 1 N–H and O–H groups in total. The van der Waals surface area contributed by atoms with Crippen molar-refractivity contribution in [2.45, 2.75) is 84.7 Å². The minimum Gasteiger partial charge on any atom is -0.465 e. The van der Waals surface area contributed by atoms with E-state index in [0.717, 1.165) is 44.9 Å². The maximum absolute atomic E-state index is 13.5. The SMILES string of the molecule is CC(=O)OCCC(=O)[C@H]1CC[C@H]2[C@@H]3CC[C@H]4C[C@H](O)CC[C@]4(C)[C@H]3C(=O)C[C@]12C. The van der Waals surface area contributed by atoms with Gasteiger partial charge >= 0.3 is 5.97 Å². The largest absolute Gasteiger partial charge is 0.465 e. The van der Waals surface area contributed by atoms with E-state index in [1.165, 1.54) is 6.92 Å². The second-order valence-electron chi connectivity index (χ2n) is 10.8. The Balaban J connectivity index is 1.53. The number of Topliss-reactive ketones (excluding diaryl/α,β-unsaturated/α-hetero) is 2. The molecule has 4 saturated carbocycles. The van der Waals surface area contributed by atoms with Crippen molar-refractivity contribution in [3.63, 3.8) is 0 Å². The number of ketones is 2. The zero-order chi connectivity index (χ0) is 21.0. The number of carbonyl (C=O) groups is 3. The van der Waals surface area contributed by atoms with Crippen LogP contribution < -0.4 is 0 Å². The summed E-state index contributed by atoms with van der Waals surface area (Å²) < 4.78 is 4.98. The molecule has 4 fully saturated rings. The fourth-order valence-corrected chi connectivity index (χ4v) is 8.05. The van der Waals surface area contributed by atoms with Crippen molar-refractivity contribution in [3.8, 4) is 0 Å². The lowest BCUT2D eigenvalue weighted by Gasteiger charge is -2.59. The van der Waals surface area contributed by atoms with Crippen molar-refractivity contribution >= 4 is 17.5 Å². The van der Waals surface area contributed by atoms with Crippen LogP contribution in [0, 0.1) is 40.4 Å². The van der Waals surface area contributed by atoms with Crippen molar-refractivity contribution in [2.75, 3.05) is 6.61 Å². The number of hydrogen-bond acceptors (Lipinski definition) is 5. The van der Waals surface area contributed by atoms with Gasteiger partial charge in [0.1, 0.15) is 11.6 Å². The Morgan fingerprint density at radius 2 is 1.86 bits per heavy atom. The molecule has 0 amide bonds. The summed E-state index contributed by atoms with van der Waals surface area (Å²) in [5, 5.41) is 10.2. The van der Waals surface area contributed by atoms with Crippen LogP contribution in [0.15, 0.2) is 0 Å². The molecule has 0 spiro atoms. The zero-order valence-corrected chi connectivity index (χ0v) is 18.1. The molecule has 0 aromatic heterocycles. The number of ether oxygens (including phenoxy) is 1. The maximum atomic E-state index is 13.5. The highest BCUT2D eigenvalue weighted by molar-refractivity contribution is 5.88.